The molecule has 6 nitrogen and oxygen atoms in total. The first-order chi connectivity index (χ1) is 9.23. The molecule has 0 bridgehead atoms. The van der Waals surface area contributed by atoms with Gasteiger partial charge in [0.25, 0.3) is 5.91 Å². The lowest BCUT2D eigenvalue weighted by molar-refractivity contribution is -0.119. The summed E-state index contributed by atoms with van der Waals surface area (Å²) in [6, 6.07) is -0.737. The van der Waals surface area contributed by atoms with Crippen molar-refractivity contribution in [3.05, 3.63) is 0 Å². The number of hydrogen-bond donors (Lipinski definition) is 1. The Morgan fingerprint density at radius 3 is 2.40 bits per heavy atom. The Bertz CT molecular complexity index is 394. The number of rotatable bonds is 4. The number of ether oxygens (including phenoxy) is 2. The lowest BCUT2D eigenvalue weighted by atomic mass is 10.2. The summed E-state index contributed by atoms with van der Waals surface area (Å²) in [7, 11) is 0. The molecule has 1 aliphatic carbocycles. The van der Waals surface area contributed by atoms with Crippen molar-refractivity contribution < 1.29 is 19.1 Å². The molecule has 20 heavy (non-hydrogen) atoms. The van der Waals surface area contributed by atoms with Gasteiger partial charge in [-0.3, -0.25) is 4.79 Å². The van der Waals surface area contributed by atoms with Crippen LogP contribution in [-0.2, 0) is 14.3 Å². The van der Waals surface area contributed by atoms with E-state index in [4.69, 9.17) is 9.47 Å². The molecular formula is C14H24N2O4. The van der Waals surface area contributed by atoms with Crippen LogP contribution in [0.25, 0.3) is 0 Å². The summed E-state index contributed by atoms with van der Waals surface area (Å²) in [5, 5.41) is 2.47. The molecule has 2 amide bonds. The van der Waals surface area contributed by atoms with E-state index in [1.807, 2.05) is 6.92 Å². The highest BCUT2D eigenvalue weighted by Gasteiger charge is 2.30. The van der Waals surface area contributed by atoms with Crippen molar-refractivity contribution >= 4 is 17.9 Å². The van der Waals surface area contributed by atoms with E-state index in [0.29, 0.717) is 12.5 Å². The Morgan fingerprint density at radius 1 is 1.35 bits per heavy atom. The van der Waals surface area contributed by atoms with Crippen molar-refractivity contribution in [1.29, 1.82) is 0 Å². The van der Waals surface area contributed by atoms with Gasteiger partial charge in [0.1, 0.15) is 11.6 Å². The molecule has 1 N–H and O–H groups in total. The molecule has 0 aromatic rings. The third-order valence-electron chi connectivity index (χ3n) is 2.54. The van der Waals surface area contributed by atoms with E-state index in [2.05, 4.69) is 10.3 Å². The standard InChI is InChI=1S/C14H24N2O4/c1-6-19-12(10-7-8-10)16-11(17)9(2)15-13(18)20-14(3,4)5/h9-10H,6-8H2,1-5H3,(H,15,18)/b16-12-/t9-/m0/s1. The van der Waals surface area contributed by atoms with Gasteiger partial charge in [0, 0.05) is 5.92 Å². The van der Waals surface area contributed by atoms with Crippen LogP contribution in [-0.4, -0.2) is 36.1 Å². The fourth-order valence-corrected chi connectivity index (χ4v) is 1.47. The highest BCUT2D eigenvalue weighted by atomic mass is 16.6. The quantitative estimate of drug-likeness (QED) is 0.634. The van der Waals surface area contributed by atoms with Gasteiger partial charge in [0.15, 0.2) is 5.90 Å². The molecule has 114 valence electrons. The van der Waals surface area contributed by atoms with Crippen molar-refractivity contribution in [2.75, 3.05) is 6.61 Å². The predicted octanol–water partition coefficient (Wildman–Crippen LogP) is 2.27. The van der Waals surface area contributed by atoms with Crippen LogP contribution in [0.3, 0.4) is 0 Å². The summed E-state index contributed by atoms with van der Waals surface area (Å²) < 4.78 is 10.4. The highest BCUT2D eigenvalue weighted by molar-refractivity contribution is 5.96. The third-order valence-corrected chi connectivity index (χ3v) is 2.54. The van der Waals surface area contributed by atoms with Crippen molar-refractivity contribution in [2.45, 2.75) is 59.1 Å². The molecule has 0 unspecified atom stereocenters. The predicted molar refractivity (Wildman–Crippen MR) is 75.6 cm³/mol. The van der Waals surface area contributed by atoms with Crippen LogP contribution >= 0.6 is 0 Å². The van der Waals surface area contributed by atoms with Crippen LogP contribution < -0.4 is 5.32 Å². The van der Waals surface area contributed by atoms with Crippen molar-refractivity contribution in [3.8, 4) is 0 Å². The molecule has 0 saturated heterocycles. The molecule has 1 fully saturated rings. The van der Waals surface area contributed by atoms with E-state index in [0.717, 1.165) is 12.8 Å². The van der Waals surface area contributed by atoms with Gasteiger partial charge < -0.3 is 14.8 Å². The lowest BCUT2D eigenvalue weighted by Crippen LogP contribution is -2.41. The van der Waals surface area contributed by atoms with Gasteiger partial charge in [-0.1, -0.05) is 0 Å². The maximum absolute atomic E-state index is 11.9. The Hall–Kier alpha value is -1.59. The molecule has 1 aliphatic rings. The first kappa shape index (κ1) is 16.5. The van der Waals surface area contributed by atoms with Crippen LogP contribution in [0.2, 0.25) is 0 Å². The minimum atomic E-state index is -0.737. The SMILES string of the molecule is CCO/C(=N\C(=O)[C@H](C)NC(=O)OC(C)(C)C)C1CC1. The smallest absolute Gasteiger partial charge is 0.408 e. The highest BCUT2D eigenvalue weighted by Crippen LogP contribution is 2.31. The van der Waals surface area contributed by atoms with Gasteiger partial charge in [0.05, 0.1) is 6.61 Å². The molecule has 1 saturated carbocycles. The van der Waals surface area contributed by atoms with Gasteiger partial charge in [-0.05, 0) is 47.5 Å². The summed E-state index contributed by atoms with van der Waals surface area (Å²) in [5.41, 5.74) is -0.597. The fourth-order valence-electron chi connectivity index (χ4n) is 1.47. The molecule has 0 aliphatic heterocycles. The largest absolute Gasteiger partial charge is 0.481 e. The van der Waals surface area contributed by atoms with E-state index < -0.39 is 23.6 Å². The second kappa shape index (κ2) is 6.72. The first-order valence-corrected chi connectivity index (χ1v) is 6.97. The van der Waals surface area contributed by atoms with Gasteiger partial charge in [-0.15, -0.1) is 0 Å². The Labute approximate surface area is 119 Å². The summed E-state index contributed by atoms with van der Waals surface area (Å²) in [6.45, 7) is 9.19. The van der Waals surface area contributed by atoms with Crippen LogP contribution in [0.5, 0.6) is 0 Å². The Balaban J connectivity index is 2.53. The molecule has 1 rings (SSSR count). The number of hydrogen-bond acceptors (Lipinski definition) is 4. The molecule has 0 radical (unpaired) electrons. The van der Waals surface area contributed by atoms with Crippen LogP contribution in [0.15, 0.2) is 4.99 Å². The molecule has 1 atom stereocenters. The number of nitrogens with zero attached hydrogens (tertiary/aromatic N) is 1. The van der Waals surface area contributed by atoms with Gasteiger partial charge in [-0.25, -0.2) is 4.79 Å². The monoisotopic (exact) mass is 284 g/mol. The van der Waals surface area contributed by atoms with E-state index in [1.165, 1.54) is 0 Å². The van der Waals surface area contributed by atoms with E-state index in [1.54, 1.807) is 27.7 Å². The summed E-state index contributed by atoms with van der Waals surface area (Å²) in [6.07, 6.45) is 1.37. The number of carbonyl (C=O) groups is 2. The number of aliphatic imine (C=N–C) groups is 1. The number of alkyl carbamates (subject to hydrolysis) is 1. The second-order valence-electron chi connectivity index (χ2n) is 5.86. The van der Waals surface area contributed by atoms with Crippen molar-refractivity contribution in [2.24, 2.45) is 10.9 Å². The maximum Gasteiger partial charge on any atom is 0.408 e. The van der Waals surface area contributed by atoms with Crippen LogP contribution in [0.4, 0.5) is 4.79 Å². The summed E-state index contributed by atoms with van der Waals surface area (Å²) >= 11 is 0. The fraction of sp³-hybridized carbons (Fsp3) is 0.786. The zero-order chi connectivity index (χ0) is 15.3. The molecule has 0 aromatic carbocycles. The van der Waals surface area contributed by atoms with Crippen LogP contribution in [0, 0.1) is 5.92 Å². The normalized spacial score (nSPS) is 17.4. The molecule has 6 heteroatoms. The molecular weight excluding hydrogens is 260 g/mol. The molecule has 0 aromatic heterocycles. The third kappa shape index (κ3) is 6.04. The Morgan fingerprint density at radius 2 is 1.95 bits per heavy atom. The second-order valence-corrected chi connectivity index (χ2v) is 5.86. The summed E-state index contributed by atoms with van der Waals surface area (Å²) in [5.74, 6) is 0.314. The average Bonchev–Trinajstić information content (AvgIpc) is 3.08. The zero-order valence-corrected chi connectivity index (χ0v) is 12.9. The van der Waals surface area contributed by atoms with Gasteiger partial charge in [-0.2, -0.15) is 4.99 Å². The topological polar surface area (TPSA) is 77.0 Å². The molecule has 0 heterocycles. The lowest BCUT2D eigenvalue weighted by Gasteiger charge is -2.21. The van der Waals surface area contributed by atoms with E-state index >= 15 is 0 Å². The maximum atomic E-state index is 11.9. The van der Waals surface area contributed by atoms with Crippen molar-refractivity contribution in [3.63, 3.8) is 0 Å². The minimum Gasteiger partial charge on any atom is -0.481 e. The molecule has 0 spiro atoms. The average molecular weight is 284 g/mol. The van der Waals surface area contributed by atoms with E-state index in [9.17, 15) is 9.59 Å². The van der Waals surface area contributed by atoms with Crippen molar-refractivity contribution in [1.82, 2.24) is 5.32 Å². The minimum absolute atomic E-state index is 0.257. The zero-order valence-electron chi connectivity index (χ0n) is 12.9. The number of nitrogens with one attached hydrogen (secondary N) is 1. The van der Waals surface area contributed by atoms with Gasteiger partial charge >= 0.3 is 6.09 Å². The summed E-state index contributed by atoms with van der Waals surface area (Å²) in [4.78, 5) is 27.5. The number of amides is 2. The van der Waals surface area contributed by atoms with Crippen LogP contribution in [0.1, 0.15) is 47.5 Å². The van der Waals surface area contributed by atoms with E-state index in [-0.39, 0.29) is 5.92 Å². The number of carbonyl (C=O) groups excluding carboxylic acids is 2. The van der Waals surface area contributed by atoms with Gasteiger partial charge in [0.2, 0.25) is 0 Å². The first-order valence-electron chi connectivity index (χ1n) is 6.97. The Kier molecular flexibility index (Phi) is 5.53.